The molecule has 0 bridgehead atoms. The van der Waals surface area contributed by atoms with Crippen LogP contribution in [0, 0.1) is 20.8 Å². The van der Waals surface area contributed by atoms with Crippen LogP contribution in [0.2, 0.25) is 0 Å². The van der Waals surface area contributed by atoms with Crippen LogP contribution in [0.4, 0.5) is 0 Å². The van der Waals surface area contributed by atoms with E-state index in [1.165, 1.54) is 27.8 Å². The molecule has 3 aromatic carbocycles. The lowest BCUT2D eigenvalue weighted by molar-refractivity contribution is -0.134. The molecule has 2 aliphatic heterocycles. The van der Waals surface area contributed by atoms with Crippen LogP contribution in [0.3, 0.4) is 0 Å². The molecule has 0 spiro atoms. The highest BCUT2D eigenvalue weighted by Gasteiger charge is 2.34. The second-order valence-corrected chi connectivity index (χ2v) is 9.46. The lowest BCUT2D eigenvalue weighted by atomic mass is 9.95. The quantitative estimate of drug-likeness (QED) is 0.552. The molecule has 0 saturated heterocycles. The number of fused-ring (bicyclic) bond motifs is 1. The number of rotatable bonds is 4. The predicted molar refractivity (Wildman–Crippen MR) is 133 cm³/mol. The number of carbonyl (C=O) groups is 1. The summed E-state index contributed by atoms with van der Waals surface area (Å²) in [5, 5.41) is 6.66. The highest BCUT2D eigenvalue weighted by Crippen LogP contribution is 2.34. The largest absolute Gasteiger partial charge is 0.290 e. The summed E-state index contributed by atoms with van der Waals surface area (Å²) >= 11 is 0. The van der Waals surface area contributed by atoms with Crippen LogP contribution in [0.25, 0.3) is 0 Å². The van der Waals surface area contributed by atoms with Gasteiger partial charge in [-0.05, 0) is 49.4 Å². The van der Waals surface area contributed by atoms with Gasteiger partial charge in [0.25, 0.3) is 5.91 Å². The Morgan fingerprint density at radius 3 is 2.42 bits per heavy atom. The first-order valence-corrected chi connectivity index (χ1v) is 11.8. The Kier molecular flexibility index (Phi) is 5.86. The molecule has 2 heterocycles. The maximum Gasteiger partial charge on any atom is 0.257 e. The second kappa shape index (κ2) is 8.95. The Labute approximate surface area is 196 Å². The van der Waals surface area contributed by atoms with Gasteiger partial charge < -0.3 is 0 Å². The summed E-state index contributed by atoms with van der Waals surface area (Å²) < 4.78 is 0. The minimum Gasteiger partial charge on any atom is -0.290 e. The molecule has 0 N–H and O–H groups in total. The van der Waals surface area contributed by atoms with Gasteiger partial charge in [-0.3, -0.25) is 9.69 Å². The summed E-state index contributed by atoms with van der Waals surface area (Å²) in [7, 11) is 0. The van der Waals surface area contributed by atoms with E-state index in [-0.39, 0.29) is 11.9 Å². The lowest BCUT2D eigenvalue weighted by Crippen LogP contribution is -2.40. The van der Waals surface area contributed by atoms with Crippen molar-refractivity contribution in [2.24, 2.45) is 5.10 Å². The van der Waals surface area contributed by atoms with Gasteiger partial charge in [-0.1, -0.05) is 77.9 Å². The van der Waals surface area contributed by atoms with E-state index >= 15 is 0 Å². The number of benzene rings is 3. The topological polar surface area (TPSA) is 35.9 Å². The van der Waals surface area contributed by atoms with Crippen molar-refractivity contribution in [3.63, 3.8) is 0 Å². The number of carbonyl (C=O) groups excluding carboxylic acids is 1. The standard InChI is InChI=1S/C29H31N3O/c1-20-8-11-24(12-9-20)28-17-27(26-13-10-21(2)16-22(26)3)30-32(28)29(33)19-31-15-14-23-6-4-5-7-25(23)18-31/h4-13,16,28H,14-15,17-19H2,1-3H3/t28-/m1/s1. The summed E-state index contributed by atoms with van der Waals surface area (Å²) in [6, 6.07) is 23.5. The van der Waals surface area contributed by atoms with E-state index < -0.39 is 0 Å². The van der Waals surface area contributed by atoms with Crippen molar-refractivity contribution in [3.05, 3.63) is 106 Å². The van der Waals surface area contributed by atoms with Crippen molar-refractivity contribution >= 4 is 11.6 Å². The third-order valence-electron chi connectivity index (χ3n) is 6.89. The Balaban J connectivity index is 1.41. The zero-order valence-electron chi connectivity index (χ0n) is 19.7. The maximum atomic E-state index is 13.6. The molecule has 2 aliphatic rings. The molecule has 0 fully saturated rings. The van der Waals surface area contributed by atoms with Crippen molar-refractivity contribution in [1.29, 1.82) is 0 Å². The van der Waals surface area contributed by atoms with Crippen LogP contribution in [0.1, 0.15) is 51.4 Å². The SMILES string of the molecule is Cc1ccc([C@H]2CC(c3ccc(C)cc3C)=NN2C(=O)CN2CCc3ccccc3C2)cc1. The number of hydrogen-bond donors (Lipinski definition) is 0. The molecule has 0 radical (unpaired) electrons. The van der Waals surface area contributed by atoms with Crippen LogP contribution in [0.5, 0.6) is 0 Å². The highest BCUT2D eigenvalue weighted by molar-refractivity contribution is 6.04. The van der Waals surface area contributed by atoms with Gasteiger partial charge in [0.2, 0.25) is 0 Å². The molecule has 0 aliphatic carbocycles. The fraction of sp³-hybridized carbons (Fsp3) is 0.310. The molecule has 1 amide bonds. The summed E-state index contributed by atoms with van der Waals surface area (Å²) in [4.78, 5) is 15.8. The van der Waals surface area contributed by atoms with Gasteiger partial charge in [-0.25, -0.2) is 5.01 Å². The minimum atomic E-state index is -0.0640. The molecule has 0 aromatic heterocycles. The third kappa shape index (κ3) is 4.49. The first kappa shape index (κ1) is 21.6. The van der Waals surface area contributed by atoms with E-state index in [4.69, 9.17) is 5.10 Å². The van der Waals surface area contributed by atoms with Crippen LogP contribution in [0.15, 0.2) is 71.8 Å². The van der Waals surface area contributed by atoms with Crippen molar-refractivity contribution in [2.45, 2.75) is 46.2 Å². The molecule has 33 heavy (non-hydrogen) atoms. The molecular formula is C29H31N3O. The van der Waals surface area contributed by atoms with Gasteiger partial charge >= 0.3 is 0 Å². The summed E-state index contributed by atoms with van der Waals surface area (Å²) in [6.45, 7) is 8.43. The smallest absolute Gasteiger partial charge is 0.257 e. The van der Waals surface area contributed by atoms with Gasteiger partial charge in [0.05, 0.1) is 18.3 Å². The van der Waals surface area contributed by atoms with Crippen molar-refractivity contribution < 1.29 is 4.79 Å². The number of amides is 1. The van der Waals surface area contributed by atoms with Gasteiger partial charge in [0.15, 0.2) is 0 Å². The molecule has 0 saturated carbocycles. The summed E-state index contributed by atoms with van der Waals surface area (Å²) in [5.41, 5.74) is 9.66. The van der Waals surface area contributed by atoms with E-state index in [1.54, 1.807) is 5.01 Å². The van der Waals surface area contributed by atoms with E-state index in [0.29, 0.717) is 6.54 Å². The zero-order chi connectivity index (χ0) is 22.9. The number of nitrogens with zero attached hydrogens (tertiary/aromatic N) is 3. The molecule has 4 heteroatoms. The summed E-state index contributed by atoms with van der Waals surface area (Å²) in [6.07, 6.45) is 1.73. The van der Waals surface area contributed by atoms with Gasteiger partial charge in [0.1, 0.15) is 0 Å². The Morgan fingerprint density at radius 2 is 1.67 bits per heavy atom. The molecule has 0 unspecified atom stereocenters. The molecule has 168 valence electrons. The Morgan fingerprint density at radius 1 is 0.939 bits per heavy atom. The fourth-order valence-corrected chi connectivity index (χ4v) is 5.04. The summed E-state index contributed by atoms with van der Waals surface area (Å²) in [5.74, 6) is 0.0692. The van der Waals surface area contributed by atoms with Gasteiger partial charge in [-0.2, -0.15) is 5.10 Å². The highest BCUT2D eigenvalue weighted by atomic mass is 16.2. The maximum absolute atomic E-state index is 13.6. The molecule has 3 aromatic rings. The van der Waals surface area contributed by atoms with Crippen LogP contribution < -0.4 is 0 Å². The van der Waals surface area contributed by atoms with Crippen LogP contribution in [-0.4, -0.2) is 34.6 Å². The number of hydrogen-bond acceptors (Lipinski definition) is 3. The van der Waals surface area contributed by atoms with E-state index in [0.717, 1.165) is 42.8 Å². The number of aryl methyl sites for hydroxylation is 3. The van der Waals surface area contributed by atoms with E-state index in [9.17, 15) is 4.79 Å². The van der Waals surface area contributed by atoms with Crippen LogP contribution in [-0.2, 0) is 17.8 Å². The monoisotopic (exact) mass is 437 g/mol. The molecular weight excluding hydrogens is 406 g/mol. The Hall–Kier alpha value is -3.24. The molecule has 5 rings (SSSR count). The van der Waals surface area contributed by atoms with Crippen molar-refractivity contribution in [3.8, 4) is 0 Å². The predicted octanol–water partition coefficient (Wildman–Crippen LogP) is 5.35. The van der Waals surface area contributed by atoms with Gasteiger partial charge in [-0.15, -0.1) is 0 Å². The fourth-order valence-electron chi connectivity index (χ4n) is 5.04. The van der Waals surface area contributed by atoms with Crippen molar-refractivity contribution in [2.75, 3.05) is 13.1 Å². The third-order valence-corrected chi connectivity index (χ3v) is 6.89. The average Bonchev–Trinajstić information content (AvgIpc) is 3.25. The average molecular weight is 438 g/mol. The number of hydrazone groups is 1. The van der Waals surface area contributed by atoms with Crippen molar-refractivity contribution in [1.82, 2.24) is 9.91 Å². The zero-order valence-corrected chi connectivity index (χ0v) is 19.7. The Bertz CT molecular complexity index is 1210. The lowest BCUT2D eigenvalue weighted by Gasteiger charge is -2.30. The minimum absolute atomic E-state index is 0.0640. The molecule has 4 nitrogen and oxygen atoms in total. The normalized spacial score (nSPS) is 18.2. The first-order valence-electron chi connectivity index (χ1n) is 11.8. The van der Waals surface area contributed by atoms with E-state index in [1.807, 2.05) is 0 Å². The molecule has 1 atom stereocenters. The van der Waals surface area contributed by atoms with Crippen LogP contribution >= 0.6 is 0 Å². The van der Waals surface area contributed by atoms with E-state index in [2.05, 4.69) is 92.4 Å². The van der Waals surface area contributed by atoms with Gasteiger partial charge in [0, 0.05) is 25.1 Å². The second-order valence-electron chi connectivity index (χ2n) is 9.46. The first-order chi connectivity index (χ1) is 16.0.